The molecule has 3 aromatic carbocycles. The van der Waals surface area contributed by atoms with Crippen molar-refractivity contribution in [2.75, 3.05) is 11.9 Å². The van der Waals surface area contributed by atoms with E-state index in [-0.39, 0.29) is 12.6 Å². The van der Waals surface area contributed by atoms with Crippen LogP contribution in [0.1, 0.15) is 37.7 Å². The second-order valence-corrected chi connectivity index (χ2v) is 10.1. The summed E-state index contributed by atoms with van der Waals surface area (Å²) in [5.74, 6) is 0.646. The fourth-order valence-electron chi connectivity index (χ4n) is 5.53. The Bertz CT molecular complexity index is 1280. The third-order valence-electron chi connectivity index (χ3n) is 7.29. The first-order valence-corrected chi connectivity index (χ1v) is 12.8. The van der Waals surface area contributed by atoms with Gasteiger partial charge in [0.1, 0.15) is 19.0 Å². The van der Waals surface area contributed by atoms with Gasteiger partial charge < -0.3 is 14.6 Å². The highest BCUT2D eigenvalue weighted by Crippen LogP contribution is 2.44. The number of nitrogens with one attached hydrogen (secondary N) is 1. The van der Waals surface area contributed by atoms with Crippen molar-refractivity contribution >= 4 is 29.5 Å². The highest BCUT2D eigenvalue weighted by atomic mass is 35.5. The lowest BCUT2D eigenvalue weighted by Gasteiger charge is -2.42. The van der Waals surface area contributed by atoms with Crippen molar-refractivity contribution in [3.05, 3.63) is 83.4 Å². The maximum Gasteiger partial charge on any atom is 0.411 e. The number of carbonyl (C=O) groups excluding carboxylic acids is 1. The van der Waals surface area contributed by atoms with Gasteiger partial charge >= 0.3 is 12.2 Å². The molecule has 2 aliphatic rings. The Kier molecular flexibility index (Phi) is 7.24. The molecule has 8 heteroatoms. The standard InChI is InChI=1S/C29H29ClN2O5/c30-22-9-4-8-21(16-22)25-17-24(36-18-20-6-2-1-3-7-20)11-12-26(25)31-27(33)37-19-29-14-5-10-23(13-15-29)32(29)28(34)35/h1-4,6-9,11-12,16-17,23H,5,10,13-15,18-19H2,(H,31,33)(H,34,35). The minimum atomic E-state index is -0.944. The number of fused-ring (bicyclic) bond motifs is 2. The average molecular weight is 521 g/mol. The Hall–Kier alpha value is -3.71. The second kappa shape index (κ2) is 10.7. The van der Waals surface area contributed by atoms with Crippen LogP contribution in [-0.4, -0.2) is 40.4 Å². The summed E-state index contributed by atoms with van der Waals surface area (Å²) in [6, 6.07) is 22.7. The molecule has 0 aromatic heterocycles. The summed E-state index contributed by atoms with van der Waals surface area (Å²) in [6.45, 7) is 0.445. The number of ether oxygens (including phenoxy) is 2. The lowest BCUT2D eigenvalue weighted by atomic mass is 9.89. The van der Waals surface area contributed by atoms with Crippen LogP contribution < -0.4 is 10.1 Å². The first-order valence-electron chi connectivity index (χ1n) is 12.5. The van der Waals surface area contributed by atoms with Crippen molar-refractivity contribution in [3.8, 4) is 16.9 Å². The molecule has 5 rings (SSSR count). The van der Waals surface area contributed by atoms with Gasteiger partial charge in [-0.3, -0.25) is 10.2 Å². The molecule has 0 saturated carbocycles. The van der Waals surface area contributed by atoms with Crippen LogP contribution in [0.15, 0.2) is 72.8 Å². The highest BCUT2D eigenvalue weighted by Gasteiger charge is 2.52. The van der Waals surface area contributed by atoms with Gasteiger partial charge in [-0.05, 0) is 73.6 Å². The van der Waals surface area contributed by atoms with Gasteiger partial charge in [0.2, 0.25) is 0 Å². The molecule has 2 heterocycles. The molecule has 0 spiro atoms. The molecule has 2 unspecified atom stereocenters. The van der Waals surface area contributed by atoms with E-state index in [1.807, 2.05) is 54.6 Å². The Labute approximate surface area is 221 Å². The van der Waals surface area contributed by atoms with E-state index in [2.05, 4.69) is 5.32 Å². The van der Waals surface area contributed by atoms with Crippen molar-refractivity contribution in [1.82, 2.24) is 4.90 Å². The highest BCUT2D eigenvalue weighted by molar-refractivity contribution is 6.30. The van der Waals surface area contributed by atoms with Crippen molar-refractivity contribution < 1.29 is 24.2 Å². The first-order chi connectivity index (χ1) is 17.9. The maximum atomic E-state index is 12.9. The van der Waals surface area contributed by atoms with Crippen LogP contribution in [0.25, 0.3) is 11.1 Å². The molecule has 0 aliphatic carbocycles. The predicted octanol–water partition coefficient (Wildman–Crippen LogP) is 7.20. The monoisotopic (exact) mass is 520 g/mol. The zero-order valence-electron chi connectivity index (χ0n) is 20.4. The van der Waals surface area contributed by atoms with Crippen LogP contribution in [0.3, 0.4) is 0 Å². The van der Waals surface area contributed by atoms with Gasteiger partial charge in [-0.2, -0.15) is 0 Å². The molecular weight excluding hydrogens is 492 g/mol. The van der Waals surface area contributed by atoms with Gasteiger partial charge in [-0.15, -0.1) is 0 Å². The fourth-order valence-corrected chi connectivity index (χ4v) is 5.72. The van der Waals surface area contributed by atoms with Gasteiger partial charge in [0.15, 0.2) is 0 Å². The van der Waals surface area contributed by atoms with E-state index in [4.69, 9.17) is 21.1 Å². The third-order valence-corrected chi connectivity index (χ3v) is 7.52. The largest absolute Gasteiger partial charge is 0.489 e. The summed E-state index contributed by atoms with van der Waals surface area (Å²) in [5, 5.41) is 13.2. The Morgan fingerprint density at radius 1 is 1.03 bits per heavy atom. The van der Waals surface area contributed by atoms with Gasteiger partial charge in [-0.1, -0.05) is 54.1 Å². The topological polar surface area (TPSA) is 88.1 Å². The number of anilines is 1. The summed E-state index contributed by atoms with van der Waals surface area (Å²) in [6.07, 6.45) is 2.43. The van der Waals surface area contributed by atoms with Crippen molar-refractivity contribution in [2.45, 2.75) is 50.3 Å². The van der Waals surface area contributed by atoms with Gasteiger partial charge in [-0.25, -0.2) is 9.59 Å². The quantitative estimate of drug-likeness (QED) is 0.344. The molecule has 192 valence electrons. The fraction of sp³-hybridized carbons (Fsp3) is 0.310. The number of halogens is 1. The van der Waals surface area contributed by atoms with E-state index < -0.39 is 17.7 Å². The molecule has 2 amide bonds. The minimum Gasteiger partial charge on any atom is -0.489 e. The number of benzene rings is 3. The summed E-state index contributed by atoms with van der Waals surface area (Å²) in [4.78, 5) is 26.3. The first kappa shape index (κ1) is 25.0. The Balaban J connectivity index is 1.32. The number of hydrogen-bond acceptors (Lipinski definition) is 4. The van der Waals surface area contributed by atoms with Gasteiger partial charge in [0, 0.05) is 16.6 Å². The average Bonchev–Trinajstić information content (AvgIpc) is 3.13. The van der Waals surface area contributed by atoms with E-state index in [1.54, 1.807) is 18.2 Å². The lowest BCUT2D eigenvalue weighted by Crippen LogP contribution is -2.55. The number of hydrogen-bond donors (Lipinski definition) is 2. The van der Waals surface area contributed by atoms with E-state index in [9.17, 15) is 14.7 Å². The van der Waals surface area contributed by atoms with E-state index >= 15 is 0 Å². The molecule has 2 atom stereocenters. The van der Waals surface area contributed by atoms with Crippen LogP contribution in [0.2, 0.25) is 5.02 Å². The van der Waals surface area contributed by atoms with Crippen molar-refractivity contribution in [3.63, 3.8) is 0 Å². The smallest absolute Gasteiger partial charge is 0.411 e. The van der Waals surface area contributed by atoms with Gasteiger partial charge in [0.05, 0.1) is 11.2 Å². The Morgan fingerprint density at radius 2 is 1.86 bits per heavy atom. The Morgan fingerprint density at radius 3 is 2.65 bits per heavy atom. The molecule has 2 aliphatic heterocycles. The summed E-state index contributed by atoms with van der Waals surface area (Å²) in [5.41, 5.74) is 2.49. The maximum absolute atomic E-state index is 12.9. The number of carbonyl (C=O) groups is 2. The third kappa shape index (κ3) is 5.52. The number of carboxylic acid groups (broad SMARTS) is 1. The molecule has 0 radical (unpaired) electrons. The van der Waals surface area contributed by atoms with Crippen molar-refractivity contribution in [1.29, 1.82) is 0 Å². The zero-order valence-corrected chi connectivity index (χ0v) is 21.1. The predicted molar refractivity (Wildman–Crippen MR) is 142 cm³/mol. The molecule has 2 saturated heterocycles. The normalized spacial score (nSPS) is 20.4. The van der Waals surface area contributed by atoms with E-state index in [0.29, 0.717) is 35.9 Å². The SMILES string of the molecule is O=C(Nc1ccc(OCc2ccccc2)cc1-c1cccc(Cl)c1)OCC12CCCC(CC1)N2C(=O)O. The minimum absolute atomic E-state index is 0.00998. The molecule has 37 heavy (non-hydrogen) atoms. The van der Waals surface area contributed by atoms with Crippen molar-refractivity contribution in [2.24, 2.45) is 0 Å². The van der Waals surface area contributed by atoms with Crippen LogP contribution >= 0.6 is 11.6 Å². The second-order valence-electron chi connectivity index (χ2n) is 9.65. The zero-order chi connectivity index (χ0) is 25.8. The molecule has 2 fully saturated rings. The molecule has 2 bridgehead atoms. The summed E-state index contributed by atoms with van der Waals surface area (Å²) < 4.78 is 11.6. The number of rotatable bonds is 7. The summed E-state index contributed by atoms with van der Waals surface area (Å²) in [7, 11) is 0. The summed E-state index contributed by atoms with van der Waals surface area (Å²) >= 11 is 6.25. The number of amides is 2. The number of nitrogens with zero attached hydrogens (tertiary/aromatic N) is 1. The molecule has 2 N–H and O–H groups in total. The van der Waals surface area contributed by atoms with Crippen LogP contribution in [0, 0.1) is 0 Å². The van der Waals surface area contributed by atoms with Crippen LogP contribution in [-0.2, 0) is 11.3 Å². The molecule has 7 nitrogen and oxygen atoms in total. The molecule has 3 aromatic rings. The van der Waals surface area contributed by atoms with E-state index in [1.165, 1.54) is 4.90 Å². The number of piperidine rings is 1. The van der Waals surface area contributed by atoms with E-state index in [0.717, 1.165) is 36.0 Å². The molecular formula is C29H29ClN2O5. The van der Waals surface area contributed by atoms with Crippen LogP contribution in [0.4, 0.5) is 15.3 Å². The van der Waals surface area contributed by atoms with Gasteiger partial charge in [0.25, 0.3) is 0 Å². The van der Waals surface area contributed by atoms with Crippen LogP contribution in [0.5, 0.6) is 5.75 Å². The lowest BCUT2D eigenvalue weighted by molar-refractivity contribution is 0.0110.